The van der Waals surface area contributed by atoms with Gasteiger partial charge in [0.05, 0.1) is 11.9 Å². The van der Waals surface area contributed by atoms with Gasteiger partial charge in [-0.1, -0.05) is 11.8 Å². The summed E-state index contributed by atoms with van der Waals surface area (Å²) in [7, 11) is 0. The third-order valence-corrected chi connectivity index (χ3v) is 4.13. The Labute approximate surface area is 137 Å². The number of aromatic nitrogens is 6. The predicted molar refractivity (Wildman–Crippen MR) is 87.6 cm³/mol. The monoisotopic (exact) mass is 331 g/mol. The average molecular weight is 331 g/mol. The molecule has 3 rings (SSSR count). The highest BCUT2D eigenvalue weighted by Gasteiger charge is 2.14. The summed E-state index contributed by atoms with van der Waals surface area (Å²) in [4.78, 5) is 20.9. The molecule has 0 saturated carbocycles. The van der Waals surface area contributed by atoms with E-state index < -0.39 is 0 Å². The van der Waals surface area contributed by atoms with Crippen molar-refractivity contribution in [1.29, 1.82) is 0 Å². The van der Waals surface area contributed by atoms with Crippen molar-refractivity contribution in [1.82, 2.24) is 29.8 Å². The van der Waals surface area contributed by atoms with Crippen LogP contribution in [-0.2, 0) is 11.2 Å². The van der Waals surface area contributed by atoms with E-state index >= 15 is 0 Å². The normalized spacial score (nSPS) is 11.1. The van der Waals surface area contributed by atoms with Crippen molar-refractivity contribution in [2.24, 2.45) is 0 Å². The molecule has 2 N–H and O–H groups in total. The second kappa shape index (κ2) is 6.37. The zero-order valence-corrected chi connectivity index (χ0v) is 13.9. The van der Waals surface area contributed by atoms with Gasteiger partial charge in [0, 0.05) is 24.0 Å². The predicted octanol–water partition coefficient (Wildman–Crippen LogP) is 1.76. The van der Waals surface area contributed by atoms with Crippen LogP contribution < -0.4 is 5.32 Å². The van der Waals surface area contributed by atoms with E-state index in [4.69, 9.17) is 0 Å². The van der Waals surface area contributed by atoms with Gasteiger partial charge in [-0.3, -0.25) is 9.89 Å². The number of aromatic amines is 1. The Balaban J connectivity index is 1.78. The molecule has 120 valence electrons. The summed E-state index contributed by atoms with van der Waals surface area (Å²) in [5.74, 6) is 0.532. The largest absolute Gasteiger partial charge is 0.323 e. The van der Waals surface area contributed by atoms with Crippen molar-refractivity contribution in [3.8, 4) is 0 Å². The second-order valence-corrected chi connectivity index (χ2v) is 5.88. The minimum absolute atomic E-state index is 0.0614. The number of hydrogen-bond acceptors (Lipinski definition) is 6. The number of thioether (sulfide) groups is 1. The topological polar surface area (TPSA) is 101 Å². The van der Waals surface area contributed by atoms with E-state index in [9.17, 15) is 4.79 Å². The number of hydrogen-bond donors (Lipinski definition) is 2. The first-order chi connectivity index (χ1) is 11.1. The molecule has 0 atom stereocenters. The van der Waals surface area contributed by atoms with Crippen LogP contribution in [0.5, 0.6) is 0 Å². The van der Waals surface area contributed by atoms with Crippen LogP contribution in [0, 0.1) is 13.8 Å². The number of carbonyl (C=O) groups excluding carboxylic acids is 1. The van der Waals surface area contributed by atoms with Gasteiger partial charge in [0.2, 0.25) is 11.1 Å². The van der Waals surface area contributed by atoms with Crippen molar-refractivity contribution in [2.75, 3.05) is 11.6 Å². The minimum atomic E-state index is -0.0614. The van der Waals surface area contributed by atoms with Gasteiger partial charge in [-0.15, -0.1) is 5.10 Å². The van der Waals surface area contributed by atoms with Crippen molar-refractivity contribution >= 4 is 29.1 Å². The molecule has 23 heavy (non-hydrogen) atoms. The van der Waals surface area contributed by atoms with Crippen molar-refractivity contribution in [2.45, 2.75) is 31.8 Å². The van der Waals surface area contributed by atoms with Crippen LogP contribution in [-0.4, -0.2) is 41.9 Å². The lowest BCUT2D eigenvalue weighted by Gasteiger charge is -2.10. The molecule has 3 heterocycles. The molecule has 0 fully saturated rings. The van der Waals surface area contributed by atoms with Crippen LogP contribution >= 0.6 is 11.8 Å². The Morgan fingerprint density at radius 2 is 2.22 bits per heavy atom. The highest BCUT2D eigenvalue weighted by atomic mass is 32.2. The molecule has 0 aliphatic carbocycles. The molecule has 8 nitrogen and oxygen atoms in total. The fraction of sp³-hybridized carbons (Fsp3) is 0.357. The Morgan fingerprint density at radius 1 is 1.39 bits per heavy atom. The maximum Gasteiger partial charge on any atom is 0.253 e. The Kier molecular flexibility index (Phi) is 4.28. The van der Waals surface area contributed by atoms with Crippen LogP contribution in [0.2, 0.25) is 0 Å². The van der Waals surface area contributed by atoms with E-state index in [-0.39, 0.29) is 5.91 Å². The lowest BCUT2D eigenvalue weighted by molar-refractivity contribution is -0.116. The summed E-state index contributed by atoms with van der Waals surface area (Å²) in [6, 6.07) is 0. The Hall–Kier alpha value is -2.42. The maximum absolute atomic E-state index is 12.0. The smallest absolute Gasteiger partial charge is 0.253 e. The molecule has 0 spiro atoms. The number of H-pyrrole nitrogens is 1. The standard InChI is InChI=1S/C14H17N7OS/c1-8-11(4-5-12(22)18-10-6-15-16-7-10)9(2)21-13(17-8)19-14(20-21)23-3/h6-7H,4-5H2,1-3H3,(H,15,16)(H,18,22). The third kappa shape index (κ3) is 3.19. The van der Waals surface area contributed by atoms with E-state index in [1.165, 1.54) is 11.8 Å². The van der Waals surface area contributed by atoms with E-state index in [0.717, 1.165) is 17.0 Å². The van der Waals surface area contributed by atoms with Gasteiger partial charge in [-0.05, 0) is 32.1 Å². The first-order valence-corrected chi connectivity index (χ1v) is 8.36. The quantitative estimate of drug-likeness (QED) is 0.691. The summed E-state index contributed by atoms with van der Waals surface area (Å²) in [5.41, 5.74) is 3.54. The number of aryl methyl sites for hydroxylation is 2. The zero-order chi connectivity index (χ0) is 16.4. The molecule has 0 bridgehead atoms. The number of nitrogens with zero attached hydrogens (tertiary/aromatic N) is 5. The molecular weight excluding hydrogens is 314 g/mol. The highest BCUT2D eigenvalue weighted by molar-refractivity contribution is 7.98. The van der Waals surface area contributed by atoms with Crippen LogP contribution in [0.1, 0.15) is 23.4 Å². The molecule has 9 heteroatoms. The number of fused-ring (bicyclic) bond motifs is 1. The van der Waals surface area contributed by atoms with Gasteiger partial charge in [0.1, 0.15) is 0 Å². The van der Waals surface area contributed by atoms with Gasteiger partial charge < -0.3 is 5.32 Å². The van der Waals surface area contributed by atoms with Crippen molar-refractivity contribution < 1.29 is 4.79 Å². The molecular formula is C14H17N7OS. The SMILES string of the molecule is CSc1nc2nc(C)c(CCC(=O)Nc3cn[nH]c3)c(C)n2n1. The van der Waals surface area contributed by atoms with Gasteiger partial charge >= 0.3 is 0 Å². The van der Waals surface area contributed by atoms with Gasteiger partial charge in [0.15, 0.2) is 0 Å². The Morgan fingerprint density at radius 3 is 2.91 bits per heavy atom. The van der Waals surface area contributed by atoms with Crippen LogP contribution in [0.3, 0.4) is 0 Å². The first kappa shape index (κ1) is 15.5. The van der Waals surface area contributed by atoms with Gasteiger partial charge in [0.25, 0.3) is 5.78 Å². The molecule has 3 aromatic rings. The maximum atomic E-state index is 12.0. The highest BCUT2D eigenvalue weighted by Crippen LogP contribution is 2.18. The van der Waals surface area contributed by atoms with Crippen LogP contribution in [0.4, 0.5) is 5.69 Å². The van der Waals surface area contributed by atoms with E-state index in [1.54, 1.807) is 16.9 Å². The van der Waals surface area contributed by atoms with Gasteiger partial charge in [-0.2, -0.15) is 10.1 Å². The van der Waals surface area contributed by atoms with E-state index in [0.29, 0.717) is 29.5 Å². The summed E-state index contributed by atoms with van der Waals surface area (Å²) in [6.07, 6.45) is 6.10. The van der Waals surface area contributed by atoms with Crippen LogP contribution in [0.15, 0.2) is 17.6 Å². The summed E-state index contributed by atoms with van der Waals surface area (Å²) in [6.45, 7) is 3.91. The van der Waals surface area contributed by atoms with E-state index in [2.05, 4.69) is 30.6 Å². The number of carbonyl (C=O) groups is 1. The van der Waals surface area contributed by atoms with Crippen LogP contribution in [0.25, 0.3) is 5.78 Å². The first-order valence-electron chi connectivity index (χ1n) is 7.14. The number of amides is 1. The molecule has 0 aromatic carbocycles. The molecule has 0 aliphatic heterocycles. The zero-order valence-electron chi connectivity index (χ0n) is 13.1. The van der Waals surface area contributed by atoms with Crippen molar-refractivity contribution in [3.63, 3.8) is 0 Å². The van der Waals surface area contributed by atoms with E-state index in [1.807, 2.05) is 20.1 Å². The third-order valence-electron chi connectivity index (χ3n) is 3.60. The fourth-order valence-electron chi connectivity index (χ4n) is 2.42. The summed E-state index contributed by atoms with van der Waals surface area (Å²) in [5, 5.41) is 14.3. The molecule has 0 saturated heterocycles. The molecule has 0 aliphatic rings. The number of rotatable bonds is 5. The second-order valence-electron chi connectivity index (χ2n) is 5.11. The summed E-state index contributed by atoms with van der Waals surface area (Å²) < 4.78 is 1.74. The minimum Gasteiger partial charge on any atom is -0.323 e. The summed E-state index contributed by atoms with van der Waals surface area (Å²) >= 11 is 1.48. The lowest BCUT2D eigenvalue weighted by atomic mass is 10.1. The molecule has 0 radical (unpaired) electrons. The Bertz CT molecular complexity index is 841. The molecule has 1 amide bonds. The van der Waals surface area contributed by atoms with Gasteiger partial charge in [-0.25, -0.2) is 9.50 Å². The molecule has 0 unspecified atom stereocenters. The lowest BCUT2D eigenvalue weighted by Crippen LogP contribution is -2.14. The fourth-order valence-corrected chi connectivity index (χ4v) is 2.76. The molecule has 3 aromatic heterocycles. The number of anilines is 1. The average Bonchev–Trinajstić information content (AvgIpc) is 3.16. The number of nitrogens with one attached hydrogen (secondary N) is 2. The van der Waals surface area contributed by atoms with Crippen molar-refractivity contribution in [3.05, 3.63) is 29.3 Å².